The van der Waals surface area contributed by atoms with E-state index >= 15 is 0 Å². The lowest BCUT2D eigenvalue weighted by Gasteiger charge is -2.02. The lowest BCUT2D eigenvalue weighted by atomic mass is 10.2. The molecule has 0 fully saturated rings. The largest absolute Gasteiger partial charge is 0.440 e. The van der Waals surface area contributed by atoms with E-state index in [4.69, 9.17) is 10.00 Å². The van der Waals surface area contributed by atoms with E-state index < -0.39 is 11.0 Å². The predicted octanol–water partition coefficient (Wildman–Crippen LogP) is 3.37. The fourth-order valence-corrected chi connectivity index (χ4v) is 2.42. The summed E-state index contributed by atoms with van der Waals surface area (Å²) in [4.78, 5) is 10.9. The second kappa shape index (κ2) is 5.69. The standard InChI is InChI=1S/C13H10N2O4S/c1-8(16)12-6-11(15(17)18)13(20-12)19-10-4-2-9(7-14)3-5-10/h2-6,8,16H,1H3. The van der Waals surface area contributed by atoms with E-state index in [2.05, 4.69) is 0 Å². The monoisotopic (exact) mass is 290 g/mol. The Morgan fingerprint density at radius 1 is 1.45 bits per heavy atom. The summed E-state index contributed by atoms with van der Waals surface area (Å²) in [5.41, 5.74) is 0.290. The van der Waals surface area contributed by atoms with Crippen molar-refractivity contribution in [3.05, 3.63) is 50.9 Å². The van der Waals surface area contributed by atoms with Gasteiger partial charge in [-0.3, -0.25) is 10.1 Å². The molecule has 2 aromatic rings. The van der Waals surface area contributed by atoms with Crippen LogP contribution in [0.1, 0.15) is 23.5 Å². The maximum atomic E-state index is 11.0. The molecule has 1 unspecified atom stereocenters. The molecule has 102 valence electrons. The second-order valence-corrected chi connectivity index (χ2v) is 5.04. The van der Waals surface area contributed by atoms with Gasteiger partial charge >= 0.3 is 5.69 Å². The zero-order chi connectivity index (χ0) is 14.7. The summed E-state index contributed by atoms with van der Waals surface area (Å²) in [5, 5.41) is 29.2. The van der Waals surface area contributed by atoms with E-state index in [0.717, 1.165) is 11.3 Å². The Kier molecular flexibility index (Phi) is 3.98. The maximum Gasteiger partial charge on any atom is 0.323 e. The van der Waals surface area contributed by atoms with Crippen LogP contribution < -0.4 is 4.74 Å². The Morgan fingerprint density at radius 3 is 2.60 bits per heavy atom. The Balaban J connectivity index is 2.31. The number of aliphatic hydroxyl groups excluding tert-OH is 1. The van der Waals surface area contributed by atoms with Crippen LogP contribution in [0.4, 0.5) is 5.69 Å². The molecule has 0 aliphatic carbocycles. The molecule has 0 saturated heterocycles. The molecule has 1 N–H and O–H groups in total. The normalized spacial score (nSPS) is 11.7. The van der Waals surface area contributed by atoms with Crippen LogP contribution in [-0.4, -0.2) is 10.0 Å². The zero-order valence-electron chi connectivity index (χ0n) is 10.4. The Labute approximate surface area is 118 Å². The highest BCUT2D eigenvalue weighted by atomic mass is 32.1. The van der Waals surface area contributed by atoms with Crippen molar-refractivity contribution in [3.8, 4) is 16.9 Å². The van der Waals surface area contributed by atoms with Gasteiger partial charge in [-0.2, -0.15) is 5.26 Å². The van der Waals surface area contributed by atoms with Gasteiger partial charge in [-0.1, -0.05) is 11.3 Å². The van der Waals surface area contributed by atoms with Gasteiger partial charge in [0.2, 0.25) is 0 Å². The third kappa shape index (κ3) is 2.93. The number of benzene rings is 1. The average Bonchev–Trinajstić information content (AvgIpc) is 2.84. The topological polar surface area (TPSA) is 96.4 Å². The molecule has 0 bridgehead atoms. The summed E-state index contributed by atoms with van der Waals surface area (Å²) in [6.45, 7) is 1.53. The van der Waals surface area contributed by atoms with Crippen molar-refractivity contribution >= 4 is 17.0 Å². The number of hydrogen-bond acceptors (Lipinski definition) is 6. The van der Waals surface area contributed by atoms with Gasteiger partial charge in [0, 0.05) is 10.9 Å². The van der Waals surface area contributed by atoms with Crippen LogP contribution >= 0.6 is 11.3 Å². The lowest BCUT2D eigenvalue weighted by Crippen LogP contribution is -1.89. The molecule has 1 atom stereocenters. The van der Waals surface area contributed by atoms with Crippen molar-refractivity contribution in [1.29, 1.82) is 5.26 Å². The molecule has 1 heterocycles. The molecule has 0 aliphatic rings. The summed E-state index contributed by atoms with van der Waals surface area (Å²) in [5.74, 6) is 0.395. The third-order valence-electron chi connectivity index (χ3n) is 2.50. The minimum atomic E-state index is -0.794. The van der Waals surface area contributed by atoms with E-state index in [1.807, 2.05) is 6.07 Å². The lowest BCUT2D eigenvalue weighted by molar-refractivity contribution is -0.385. The number of ether oxygens (including phenoxy) is 1. The number of nitro groups is 1. The Morgan fingerprint density at radius 2 is 2.10 bits per heavy atom. The number of nitrogens with zero attached hydrogens (tertiary/aromatic N) is 2. The predicted molar refractivity (Wildman–Crippen MR) is 72.8 cm³/mol. The van der Waals surface area contributed by atoms with Gasteiger partial charge in [-0.25, -0.2) is 0 Å². The van der Waals surface area contributed by atoms with Crippen LogP contribution in [0.25, 0.3) is 0 Å². The highest BCUT2D eigenvalue weighted by Gasteiger charge is 2.23. The van der Waals surface area contributed by atoms with E-state index in [1.165, 1.54) is 13.0 Å². The Bertz CT molecular complexity index is 671. The van der Waals surface area contributed by atoms with Crippen LogP contribution in [0, 0.1) is 21.4 Å². The van der Waals surface area contributed by atoms with Crippen LogP contribution in [-0.2, 0) is 0 Å². The van der Waals surface area contributed by atoms with Gasteiger partial charge in [0.15, 0.2) is 0 Å². The molecular formula is C13H10N2O4S. The molecule has 0 radical (unpaired) electrons. The van der Waals surface area contributed by atoms with Crippen LogP contribution in [0.15, 0.2) is 30.3 Å². The van der Waals surface area contributed by atoms with Gasteiger partial charge in [0.1, 0.15) is 5.75 Å². The summed E-state index contributed by atoms with van der Waals surface area (Å²) in [6, 6.07) is 9.51. The minimum Gasteiger partial charge on any atom is -0.440 e. The first-order valence-electron chi connectivity index (χ1n) is 5.65. The molecule has 1 aromatic heterocycles. The summed E-state index contributed by atoms with van der Waals surface area (Å²) in [7, 11) is 0. The molecule has 7 heteroatoms. The van der Waals surface area contributed by atoms with Crippen molar-refractivity contribution in [2.24, 2.45) is 0 Å². The van der Waals surface area contributed by atoms with Crippen LogP contribution in [0.2, 0.25) is 0 Å². The highest BCUT2D eigenvalue weighted by molar-refractivity contribution is 7.14. The van der Waals surface area contributed by atoms with Crippen molar-refractivity contribution < 1.29 is 14.8 Å². The molecule has 0 amide bonds. The molecule has 0 aliphatic heterocycles. The fraction of sp³-hybridized carbons (Fsp3) is 0.154. The van der Waals surface area contributed by atoms with E-state index in [9.17, 15) is 15.2 Å². The fourth-order valence-electron chi connectivity index (χ4n) is 1.49. The van der Waals surface area contributed by atoms with E-state index in [1.54, 1.807) is 24.3 Å². The minimum absolute atomic E-state index is 0.107. The number of hydrogen-bond donors (Lipinski definition) is 1. The quantitative estimate of drug-likeness (QED) is 0.687. The van der Waals surface area contributed by atoms with Crippen LogP contribution in [0.5, 0.6) is 10.8 Å². The summed E-state index contributed by atoms with van der Waals surface area (Å²) < 4.78 is 5.46. The number of rotatable bonds is 4. The maximum absolute atomic E-state index is 11.0. The first kappa shape index (κ1) is 14.0. The van der Waals surface area contributed by atoms with E-state index in [-0.39, 0.29) is 10.8 Å². The summed E-state index contributed by atoms with van der Waals surface area (Å²) in [6.07, 6.45) is -0.794. The van der Waals surface area contributed by atoms with Crippen LogP contribution in [0.3, 0.4) is 0 Å². The molecule has 6 nitrogen and oxygen atoms in total. The van der Waals surface area contributed by atoms with Gasteiger partial charge in [-0.05, 0) is 31.2 Å². The number of thiophene rings is 1. The third-order valence-corrected chi connectivity index (χ3v) is 3.67. The first-order valence-corrected chi connectivity index (χ1v) is 6.47. The molecule has 2 rings (SSSR count). The van der Waals surface area contributed by atoms with E-state index in [0.29, 0.717) is 16.2 Å². The average molecular weight is 290 g/mol. The van der Waals surface area contributed by atoms with Gasteiger partial charge in [0.05, 0.1) is 22.7 Å². The summed E-state index contributed by atoms with van der Waals surface area (Å²) >= 11 is 1.02. The smallest absolute Gasteiger partial charge is 0.323 e. The Hall–Kier alpha value is -2.43. The highest BCUT2D eigenvalue weighted by Crippen LogP contribution is 2.41. The van der Waals surface area contributed by atoms with Crippen molar-refractivity contribution in [2.75, 3.05) is 0 Å². The molecule has 0 spiro atoms. The molecule has 0 saturated carbocycles. The molecule has 20 heavy (non-hydrogen) atoms. The van der Waals surface area contributed by atoms with Crippen molar-refractivity contribution in [3.63, 3.8) is 0 Å². The first-order chi connectivity index (χ1) is 9.51. The number of aliphatic hydroxyl groups is 1. The zero-order valence-corrected chi connectivity index (χ0v) is 11.3. The SMILES string of the molecule is CC(O)c1cc([N+](=O)[O-])c(Oc2ccc(C#N)cc2)s1. The van der Waals surface area contributed by atoms with Gasteiger partial charge in [0.25, 0.3) is 5.06 Å². The van der Waals surface area contributed by atoms with Crippen molar-refractivity contribution in [1.82, 2.24) is 0 Å². The molecular weight excluding hydrogens is 280 g/mol. The molecule has 1 aromatic carbocycles. The number of nitriles is 1. The van der Waals surface area contributed by atoms with Crippen molar-refractivity contribution in [2.45, 2.75) is 13.0 Å². The van der Waals surface area contributed by atoms with Gasteiger partial charge in [-0.15, -0.1) is 0 Å². The second-order valence-electron chi connectivity index (χ2n) is 3.99. The van der Waals surface area contributed by atoms with Gasteiger partial charge < -0.3 is 9.84 Å².